The number of H-pyrrole nitrogens is 1. The number of nitrogens with zero attached hydrogens (tertiary/aromatic N) is 2. The predicted octanol–water partition coefficient (Wildman–Crippen LogP) is 2.67. The van der Waals surface area contributed by atoms with E-state index in [1.807, 2.05) is 30.3 Å². The molecule has 2 amide bonds. The lowest BCUT2D eigenvalue weighted by atomic mass is 10.2. The van der Waals surface area contributed by atoms with Crippen LogP contribution in [0, 0.1) is 0 Å². The van der Waals surface area contributed by atoms with Gasteiger partial charge in [0.15, 0.2) is 5.69 Å². The van der Waals surface area contributed by atoms with Crippen molar-refractivity contribution in [3.8, 4) is 0 Å². The maximum Gasteiger partial charge on any atom is 0.276 e. The summed E-state index contributed by atoms with van der Waals surface area (Å²) in [5, 5.41) is 9.84. The van der Waals surface area contributed by atoms with Gasteiger partial charge in [0.2, 0.25) is 5.91 Å². The van der Waals surface area contributed by atoms with E-state index in [1.54, 1.807) is 4.90 Å². The van der Waals surface area contributed by atoms with Crippen molar-refractivity contribution in [2.24, 2.45) is 0 Å². The molecule has 1 aromatic carbocycles. The summed E-state index contributed by atoms with van der Waals surface area (Å²) in [5.74, 6) is 0.477. The molecule has 1 aliphatic carbocycles. The minimum Gasteiger partial charge on any atom is -0.321 e. The van der Waals surface area contributed by atoms with E-state index in [4.69, 9.17) is 0 Å². The number of amides is 2. The largest absolute Gasteiger partial charge is 0.321 e. The summed E-state index contributed by atoms with van der Waals surface area (Å²) in [6.07, 6.45) is 3.85. The second kappa shape index (κ2) is 5.53. The van der Waals surface area contributed by atoms with E-state index in [1.165, 1.54) is 12.8 Å². The van der Waals surface area contributed by atoms with Gasteiger partial charge < -0.3 is 10.2 Å². The van der Waals surface area contributed by atoms with E-state index in [9.17, 15) is 9.59 Å². The summed E-state index contributed by atoms with van der Waals surface area (Å²) >= 11 is 0. The Morgan fingerprint density at radius 2 is 2.04 bits per heavy atom. The number of hydrogen-bond acceptors (Lipinski definition) is 3. The minimum atomic E-state index is -0.224. The molecule has 0 radical (unpaired) electrons. The fraction of sp³-hybridized carbons (Fsp3) is 0.353. The molecule has 1 aliphatic heterocycles. The van der Waals surface area contributed by atoms with Gasteiger partial charge in [0.25, 0.3) is 5.91 Å². The molecule has 0 bridgehead atoms. The van der Waals surface area contributed by atoms with Crippen molar-refractivity contribution in [3.05, 3.63) is 41.7 Å². The molecule has 6 heteroatoms. The van der Waals surface area contributed by atoms with Gasteiger partial charge in [0, 0.05) is 36.0 Å². The van der Waals surface area contributed by atoms with Crippen LogP contribution in [0.2, 0.25) is 0 Å². The number of rotatable bonds is 4. The van der Waals surface area contributed by atoms with E-state index in [0.717, 1.165) is 24.3 Å². The van der Waals surface area contributed by atoms with Gasteiger partial charge in [0.1, 0.15) is 0 Å². The summed E-state index contributed by atoms with van der Waals surface area (Å²) in [7, 11) is 0. The van der Waals surface area contributed by atoms with Crippen molar-refractivity contribution in [3.63, 3.8) is 0 Å². The SMILES string of the molecule is O=C(Nc1ccc(N2CCCC2=O)cc1)c1cc(C2CC2)[nH]n1. The molecular weight excluding hydrogens is 292 g/mol. The molecular formula is C17H18N4O2. The average molecular weight is 310 g/mol. The number of nitrogens with one attached hydrogen (secondary N) is 2. The topological polar surface area (TPSA) is 78.1 Å². The van der Waals surface area contributed by atoms with Crippen LogP contribution in [0.5, 0.6) is 0 Å². The average Bonchev–Trinajstić information content (AvgIpc) is 3.12. The summed E-state index contributed by atoms with van der Waals surface area (Å²) < 4.78 is 0. The molecule has 2 heterocycles. The second-order valence-electron chi connectivity index (χ2n) is 6.13. The van der Waals surface area contributed by atoms with Crippen molar-refractivity contribution < 1.29 is 9.59 Å². The fourth-order valence-electron chi connectivity index (χ4n) is 2.90. The van der Waals surface area contributed by atoms with Gasteiger partial charge in [-0.15, -0.1) is 0 Å². The molecule has 23 heavy (non-hydrogen) atoms. The molecule has 0 atom stereocenters. The maximum absolute atomic E-state index is 12.2. The molecule has 4 rings (SSSR count). The highest BCUT2D eigenvalue weighted by Gasteiger charge is 2.26. The Hall–Kier alpha value is -2.63. The first kappa shape index (κ1) is 14.0. The van der Waals surface area contributed by atoms with Gasteiger partial charge in [-0.25, -0.2) is 0 Å². The van der Waals surface area contributed by atoms with Crippen molar-refractivity contribution >= 4 is 23.2 Å². The molecule has 2 N–H and O–H groups in total. The second-order valence-corrected chi connectivity index (χ2v) is 6.13. The van der Waals surface area contributed by atoms with Crippen molar-refractivity contribution in [2.75, 3.05) is 16.8 Å². The van der Waals surface area contributed by atoms with Gasteiger partial charge in [-0.3, -0.25) is 14.7 Å². The number of anilines is 2. The monoisotopic (exact) mass is 310 g/mol. The molecule has 118 valence electrons. The van der Waals surface area contributed by atoms with E-state index >= 15 is 0 Å². The van der Waals surface area contributed by atoms with Crippen LogP contribution in [0.25, 0.3) is 0 Å². The van der Waals surface area contributed by atoms with Crippen LogP contribution in [0.15, 0.2) is 30.3 Å². The lowest BCUT2D eigenvalue weighted by Gasteiger charge is -2.15. The highest BCUT2D eigenvalue weighted by atomic mass is 16.2. The van der Waals surface area contributed by atoms with Crippen molar-refractivity contribution in [1.29, 1.82) is 0 Å². The predicted molar refractivity (Wildman–Crippen MR) is 86.5 cm³/mol. The van der Waals surface area contributed by atoms with E-state index in [2.05, 4.69) is 15.5 Å². The van der Waals surface area contributed by atoms with Crippen molar-refractivity contribution in [1.82, 2.24) is 10.2 Å². The van der Waals surface area contributed by atoms with Crippen LogP contribution in [0.1, 0.15) is 47.8 Å². The normalized spacial score (nSPS) is 17.6. The lowest BCUT2D eigenvalue weighted by Crippen LogP contribution is -2.23. The summed E-state index contributed by atoms with van der Waals surface area (Å²) in [6, 6.07) is 9.17. The molecule has 2 fully saturated rings. The fourth-order valence-corrected chi connectivity index (χ4v) is 2.90. The number of carbonyl (C=O) groups is 2. The highest BCUT2D eigenvalue weighted by molar-refractivity contribution is 6.03. The summed E-state index contributed by atoms with van der Waals surface area (Å²) in [5.41, 5.74) is 3.02. The Morgan fingerprint density at radius 1 is 1.26 bits per heavy atom. The number of aromatic nitrogens is 2. The van der Waals surface area contributed by atoms with Crippen molar-refractivity contribution in [2.45, 2.75) is 31.6 Å². The van der Waals surface area contributed by atoms with Crippen LogP contribution >= 0.6 is 0 Å². The standard InChI is InChI=1S/C17H18N4O2/c22-16-2-1-9-21(16)13-7-5-12(6-8-13)18-17(23)15-10-14(19-20-15)11-3-4-11/h5-8,10-11H,1-4,9H2,(H,18,23)(H,19,20). The Balaban J connectivity index is 1.43. The zero-order valence-electron chi connectivity index (χ0n) is 12.7. The van der Waals surface area contributed by atoms with Gasteiger partial charge in [-0.05, 0) is 49.6 Å². The van der Waals surface area contributed by atoms with E-state index in [-0.39, 0.29) is 11.8 Å². The molecule has 1 saturated carbocycles. The molecule has 0 unspecified atom stereocenters. The van der Waals surface area contributed by atoms with Crippen LogP contribution in [0.3, 0.4) is 0 Å². The quantitative estimate of drug-likeness (QED) is 0.911. The first-order chi connectivity index (χ1) is 11.2. The van der Waals surface area contributed by atoms with Gasteiger partial charge in [-0.2, -0.15) is 5.10 Å². The van der Waals surface area contributed by atoms with Crippen LogP contribution in [-0.2, 0) is 4.79 Å². The first-order valence-corrected chi connectivity index (χ1v) is 7.98. The number of aromatic amines is 1. The number of hydrogen-bond donors (Lipinski definition) is 2. The number of benzene rings is 1. The molecule has 2 aromatic rings. The number of carbonyl (C=O) groups excluding carboxylic acids is 2. The maximum atomic E-state index is 12.2. The lowest BCUT2D eigenvalue weighted by molar-refractivity contribution is -0.117. The Morgan fingerprint density at radius 3 is 2.70 bits per heavy atom. The van der Waals surface area contributed by atoms with E-state index in [0.29, 0.717) is 23.7 Å². The van der Waals surface area contributed by atoms with Gasteiger partial charge in [0.05, 0.1) is 0 Å². The Labute approximate surface area is 133 Å². The zero-order chi connectivity index (χ0) is 15.8. The first-order valence-electron chi connectivity index (χ1n) is 7.98. The third-order valence-corrected chi connectivity index (χ3v) is 4.36. The van der Waals surface area contributed by atoms with Gasteiger partial charge >= 0.3 is 0 Å². The third kappa shape index (κ3) is 2.84. The Kier molecular flexibility index (Phi) is 3.37. The van der Waals surface area contributed by atoms with Gasteiger partial charge in [-0.1, -0.05) is 0 Å². The van der Waals surface area contributed by atoms with Crippen LogP contribution in [-0.4, -0.2) is 28.6 Å². The molecule has 1 aromatic heterocycles. The Bertz CT molecular complexity index is 746. The highest BCUT2D eigenvalue weighted by Crippen LogP contribution is 2.39. The van der Waals surface area contributed by atoms with Crippen LogP contribution in [0.4, 0.5) is 11.4 Å². The molecule has 0 spiro atoms. The van der Waals surface area contributed by atoms with Crippen LogP contribution < -0.4 is 10.2 Å². The third-order valence-electron chi connectivity index (χ3n) is 4.36. The summed E-state index contributed by atoms with van der Waals surface area (Å²) in [6.45, 7) is 0.766. The zero-order valence-corrected chi connectivity index (χ0v) is 12.7. The smallest absolute Gasteiger partial charge is 0.276 e. The molecule has 1 saturated heterocycles. The van der Waals surface area contributed by atoms with E-state index < -0.39 is 0 Å². The molecule has 2 aliphatic rings. The minimum absolute atomic E-state index is 0.158. The molecule has 6 nitrogen and oxygen atoms in total. The summed E-state index contributed by atoms with van der Waals surface area (Å²) in [4.78, 5) is 25.7.